The van der Waals surface area contributed by atoms with Crippen LogP contribution < -0.4 is 15.1 Å². The molecule has 0 radical (unpaired) electrons. The van der Waals surface area contributed by atoms with E-state index < -0.39 is 0 Å². The highest BCUT2D eigenvalue weighted by Crippen LogP contribution is 2.41. The van der Waals surface area contributed by atoms with Gasteiger partial charge in [-0.3, -0.25) is 9.69 Å². The zero-order valence-electron chi connectivity index (χ0n) is 24.3. The van der Waals surface area contributed by atoms with Gasteiger partial charge < -0.3 is 20.0 Å². The number of piperazine rings is 1. The van der Waals surface area contributed by atoms with Crippen molar-refractivity contribution in [1.29, 1.82) is 0 Å². The Morgan fingerprint density at radius 3 is 2.45 bits per heavy atom. The average Bonchev–Trinajstić information content (AvgIpc) is 3.28. The number of anilines is 3. The van der Waals surface area contributed by atoms with E-state index >= 15 is 0 Å². The van der Waals surface area contributed by atoms with Crippen molar-refractivity contribution < 1.29 is 4.79 Å². The van der Waals surface area contributed by atoms with E-state index in [1.165, 1.54) is 42.0 Å². The monoisotopic (exact) mass is 541 g/mol. The van der Waals surface area contributed by atoms with Gasteiger partial charge in [0.05, 0.1) is 12.2 Å². The first kappa shape index (κ1) is 27.9. The summed E-state index contributed by atoms with van der Waals surface area (Å²) < 4.78 is 0. The van der Waals surface area contributed by atoms with Crippen molar-refractivity contribution in [2.24, 2.45) is 0 Å². The first-order valence-corrected chi connectivity index (χ1v) is 14.6. The van der Waals surface area contributed by atoms with Crippen LogP contribution in [0.15, 0.2) is 67.7 Å². The van der Waals surface area contributed by atoms with E-state index in [1.54, 1.807) is 0 Å². The van der Waals surface area contributed by atoms with Crippen molar-refractivity contribution in [3.8, 4) is 0 Å². The molecular formula is C32H43N7O. The largest absolute Gasteiger partial charge is 0.338 e. The lowest BCUT2D eigenvalue weighted by Crippen LogP contribution is -2.49. The molecular weight excluding hydrogens is 498 g/mol. The molecule has 8 heteroatoms. The summed E-state index contributed by atoms with van der Waals surface area (Å²) in [5.74, 6) is 2.55. The summed E-state index contributed by atoms with van der Waals surface area (Å²) in [7, 11) is 2.06. The molecule has 1 amide bonds. The van der Waals surface area contributed by atoms with Crippen molar-refractivity contribution in [2.75, 3.05) is 48.3 Å². The van der Waals surface area contributed by atoms with E-state index in [0.717, 1.165) is 56.3 Å². The third-order valence-electron chi connectivity index (χ3n) is 8.92. The second kappa shape index (κ2) is 11.8. The van der Waals surface area contributed by atoms with Gasteiger partial charge in [0.1, 0.15) is 11.5 Å². The molecule has 40 heavy (non-hydrogen) atoms. The van der Waals surface area contributed by atoms with Crippen LogP contribution in [0.3, 0.4) is 0 Å². The van der Waals surface area contributed by atoms with Crippen molar-refractivity contribution in [3.05, 3.63) is 78.8 Å². The molecule has 2 fully saturated rings. The minimum Gasteiger partial charge on any atom is -0.338 e. The van der Waals surface area contributed by atoms with Crippen LogP contribution in [0.5, 0.6) is 0 Å². The normalized spacial score (nSPS) is 18.9. The highest BCUT2D eigenvalue weighted by atomic mass is 16.2. The van der Waals surface area contributed by atoms with Gasteiger partial charge in [0.2, 0.25) is 11.9 Å². The molecule has 1 saturated carbocycles. The summed E-state index contributed by atoms with van der Waals surface area (Å²) in [5, 5.41) is 3.35. The molecule has 1 saturated heterocycles. The first-order valence-electron chi connectivity index (χ1n) is 14.6. The molecule has 2 atom stereocenters. The Labute approximate surface area is 239 Å². The second-order valence-corrected chi connectivity index (χ2v) is 11.3. The van der Waals surface area contributed by atoms with E-state index in [-0.39, 0.29) is 18.0 Å². The maximum absolute atomic E-state index is 12.1. The molecule has 0 spiro atoms. The van der Waals surface area contributed by atoms with Crippen LogP contribution in [-0.2, 0) is 4.79 Å². The molecule has 1 aromatic carbocycles. The maximum Gasteiger partial charge on any atom is 0.246 e. The van der Waals surface area contributed by atoms with Crippen LogP contribution >= 0.6 is 0 Å². The van der Waals surface area contributed by atoms with Gasteiger partial charge in [-0.1, -0.05) is 56.5 Å². The van der Waals surface area contributed by atoms with E-state index in [2.05, 4.69) is 89.9 Å². The number of carbonyl (C=O) groups excluding carboxylic acids is 1. The highest BCUT2D eigenvalue weighted by molar-refractivity contribution is 5.87. The Balaban J connectivity index is 1.31. The Morgan fingerprint density at radius 2 is 1.85 bits per heavy atom. The minimum absolute atomic E-state index is 0.0147. The van der Waals surface area contributed by atoms with E-state index in [0.29, 0.717) is 12.0 Å². The van der Waals surface area contributed by atoms with E-state index in [1.807, 2.05) is 11.1 Å². The third-order valence-corrected chi connectivity index (χ3v) is 8.92. The Kier molecular flexibility index (Phi) is 8.26. The number of fused-ring (bicyclic) bond motifs is 1. The number of nitrogens with one attached hydrogen (secondary N) is 1. The molecule has 1 N–H and O–H groups in total. The molecule has 8 nitrogen and oxygen atoms in total. The third kappa shape index (κ3) is 5.50. The number of amides is 1. The number of hydrogen-bond donors (Lipinski definition) is 1. The maximum atomic E-state index is 12.1. The Bertz CT molecular complexity index is 1260. The number of rotatable bonds is 10. The summed E-state index contributed by atoms with van der Waals surface area (Å²) in [6.45, 7) is 19.7. The molecule has 0 bridgehead atoms. The van der Waals surface area contributed by atoms with Gasteiger partial charge in [0.25, 0.3) is 0 Å². The highest BCUT2D eigenvalue weighted by Gasteiger charge is 2.35. The van der Waals surface area contributed by atoms with Crippen molar-refractivity contribution >= 4 is 23.4 Å². The molecule has 1 aliphatic carbocycles. The van der Waals surface area contributed by atoms with Crippen LogP contribution in [0.25, 0.3) is 0 Å². The predicted molar refractivity (Wildman–Crippen MR) is 163 cm³/mol. The lowest BCUT2D eigenvalue weighted by Gasteiger charge is -2.39. The number of hydrogen-bond acceptors (Lipinski definition) is 7. The fourth-order valence-electron chi connectivity index (χ4n) is 5.84. The van der Waals surface area contributed by atoms with Crippen molar-refractivity contribution in [1.82, 2.24) is 19.8 Å². The lowest BCUT2D eigenvalue weighted by atomic mass is 9.92. The van der Waals surface area contributed by atoms with Gasteiger partial charge in [-0.2, -0.15) is 4.98 Å². The molecule has 5 rings (SSSR count). The van der Waals surface area contributed by atoms with Gasteiger partial charge in [-0.05, 0) is 56.2 Å². The number of benzene rings is 1. The summed E-state index contributed by atoms with van der Waals surface area (Å²) >= 11 is 0. The molecule has 2 aliphatic heterocycles. The van der Waals surface area contributed by atoms with Crippen molar-refractivity contribution in [2.45, 2.75) is 64.1 Å². The topological polar surface area (TPSA) is 67.8 Å². The number of aromatic nitrogens is 2. The van der Waals surface area contributed by atoms with Crippen LogP contribution in [-0.4, -0.2) is 64.9 Å². The molecule has 1 aromatic heterocycles. The summed E-state index contributed by atoms with van der Waals surface area (Å²) in [4.78, 5) is 30.5. The molecule has 3 aliphatic rings. The second-order valence-electron chi connectivity index (χ2n) is 11.3. The molecule has 3 heterocycles. The summed E-state index contributed by atoms with van der Waals surface area (Å²) in [6, 6.07) is 9.78. The lowest BCUT2D eigenvalue weighted by molar-refractivity contribution is -0.128. The summed E-state index contributed by atoms with van der Waals surface area (Å²) in [6.07, 6.45) is 8.78. The van der Waals surface area contributed by atoms with Gasteiger partial charge in [-0.25, -0.2) is 4.98 Å². The van der Waals surface area contributed by atoms with E-state index in [9.17, 15) is 4.79 Å². The standard InChI is InChI=1S/C32H43N7O/c1-7-22(3)20-29(37-16-18-38(19-17-37)30(40)8-2)26-14-12-25(13-15-26)23(4)36(6)32-33-21-28-31(35-32)39(24(5)34-28)27-10-9-11-27/h8,12-15,21,23,27,29,34H,2-3,5,7,9-11,16-20H2,1,4,6H3. The molecule has 2 unspecified atom stereocenters. The van der Waals surface area contributed by atoms with Crippen LogP contribution in [0, 0.1) is 0 Å². The molecule has 212 valence electrons. The minimum atomic E-state index is 0.0147. The zero-order valence-corrected chi connectivity index (χ0v) is 24.3. The fourth-order valence-corrected chi connectivity index (χ4v) is 5.84. The summed E-state index contributed by atoms with van der Waals surface area (Å²) in [5.41, 5.74) is 4.67. The smallest absolute Gasteiger partial charge is 0.246 e. The first-order chi connectivity index (χ1) is 19.3. The van der Waals surface area contributed by atoms with E-state index in [4.69, 9.17) is 4.98 Å². The Morgan fingerprint density at radius 1 is 1.18 bits per heavy atom. The fraction of sp³-hybridized carbons (Fsp3) is 0.469. The van der Waals surface area contributed by atoms with Gasteiger partial charge >= 0.3 is 0 Å². The molecule has 2 aromatic rings. The van der Waals surface area contributed by atoms with Gasteiger partial charge in [-0.15, -0.1) is 0 Å². The van der Waals surface area contributed by atoms with Crippen LogP contribution in [0.2, 0.25) is 0 Å². The predicted octanol–water partition coefficient (Wildman–Crippen LogP) is 5.66. The van der Waals surface area contributed by atoms with Gasteiger partial charge in [0, 0.05) is 45.3 Å². The number of carbonyl (C=O) groups is 1. The number of nitrogens with zero attached hydrogens (tertiary/aromatic N) is 6. The van der Waals surface area contributed by atoms with Gasteiger partial charge in [0.15, 0.2) is 5.82 Å². The van der Waals surface area contributed by atoms with Crippen LogP contribution in [0.4, 0.5) is 17.5 Å². The average molecular weight is 542 g/mol. The zero-order chi connectivity index (χ0) is 28.4. The van der Waals surface area contributed by atoms with Crippen LogP contribution in [0.1, 0.15) is 69.2 Å². The quantitative estimate of drug-likeness (QED) is 0.308. The Hall–Kier alpha value is -3.65. The SMILES string of the molecule is C=CC(=O)N1CCN(C(CC(=C)CC)c2ccc(C(C)N(C)c3ncc4c(n3)N(C3CCC3)C(=C)N4)cc2)CC1. The van der Waals surface area contributed by atoms with Crippen molar-refractivity contribution in [3.63, 3.8) is 0 Å².